The van der Waals surface area contributed by atoms with Gasteiger partial charge in [0, 0.05) is 13.6 Å². The molecule has 8 heteroatoms. The Labute approximate surface area is 124 Å². The average Bonchev–Trinajstić information content (AvgIpc) is 2.84. The molecule has 21 heavy (non-hydrogen) atoms. The van der Waals surface area contributed by atoms with E-state index < -0.39 is 5.54 Å². The molecule has 1 rings (SSSR count). The third-order valence-corrected chi connectivity index (χ3v) is 2.87. The number of carbonyl (C=O) groups is 2. The van der Waals surface area contributed by atoms with Crippen LogP contribution in [0.25, 0.3) is 0 Å². The maximum atomic E-state index is 12.0. The molecule has 3 N–H and O–H groups in total. The van der Waals surface area contributed by atoms with E-state index in [1.54, 1.807) is 13.2 Å². The Morgan fingerprint density at radius 3 is 2.67 bits per heavy atom. The minimum atomic E-state index is -0.604. The van der Waals surface area contributed by atoms with E-state index in [4.69, 9.17) is 5.73 Å². The third-order valence-electron chi connectivity index (χ3n) is 2.87. The van der Waals surface area contributed by atoms with Crippen LogP contribution >= 0.6 is 0 Å². The first-order chi connectivity index (χ1) is 9.74. The summed E-state index contributed by atoms with van der Waals surface area (Å²) in [6.45, 7) is 6.26. The van der Waals surface area contributed by atoms with Crippen LogP contribution in [0.2, 0.25) is 0 Å². The number of likely N-dealkylation sites (N-methyl/N-ethyl adjacent to an activating group) is 1. The molecule has 0 spiro atoms. The number of aromatic nitrogens is 3. The van der Waals surface area contributed by atoms with Crippen LogP contribution in [0.3, 0.4) is 0 Å². The SMILES string of the molecule is CCCNC(=O)CN(C)C(=O)Cn1cc(C(C)(C)N)nn1. The molecular weight excluding hydrogens is 272 g/mol. The first kappa shape index (κ1) is 17.1. The fraction of sp³-hybridized carbons (Fsp3) is 0.692. The molecule has 0 saturated heterocycles. The lowest BCUT2D eigenvalue weighted by molar-refractivity contribution is -0.135. The normalized spacial score (nSPS) is 11.3. The van der Waals surface area contributed by atoms with Gasteiger partial charge < -0.3 is 16.0 Å². The van der Waals surface area contributed by atoms with Gasteiger partial charge in [-0.2, -0.15) is 0 Å². The zero-order valence-electron chi connectivity index (χ0n) is 13.1. The van der Waals surface area contributed by atoms with Crippen LogP contribution in [0.15, 0.2) is 6.20 Å². The molecule has 0 aliphatic carbocycles. The predicted octanol–water partition coefficient (Wildman–Crippen LogP) is -0.543. The van der Waals surface area contributed by atoms with Crippen LogP contribution in [0.4, 0.5) is 0 Å². The van der Waals surface area contributed by atoms with Gasteiger partial charge >= 0.3 is 0 Å². The van der Waals surface area contributed by atoms with Crippen molar-refractivity contribution in [1.82, 2.24) is 25.2 Å². The minimum Gasteiger partial charge on any atom is -0.355 e. The van der Waals surface area contributed by atoms with E-state index in [2.05, 4.69) is 15.6 Å². The number of hydrogen-bond acceptors (Lipinski definition) is 5. The summed E-state index contributed by atoms with van der Waals surface area (Å²) in [5.74, 6) is -0.386. The highest BCUT2D eigenvalue weighted by Gasteiger charge is 2.20. The van der Waals surface area contributed by atoms with Crippen LogP contribution in [0.1, 0.15) is 32.9 Å². The number of carbonyl (C=O) groups excluding carboxylic acids is 2. The molecule has 8 nitrogen and oxygen atoms in total. The van der Waals surface area contributed by atoms with Crippen LogP contribution in [-0.2, 0) is 21.7 Å². The molecule has 118 valence electrons. The molecule has 0 saturated carbocycles. The Morgan fingerprint density at radius 1 is 1.48 bits per heavy atom. The van der Waals surface area contributed by atoms with Gasteiger partial charge in [-0.1, -0.05) is 12.1 Å². The van der Waals surface area contributed by atoms with Crippen LogP contribution in [-0.4, -0.2) is 51.8 Å². The predicted molar refractivity (Wildman–Crippen MR) is 78.2 cm³/mol. The molecule has 2 amide bonds. The van der Waals surface area contributed by atoms with Crippen molar-refractivity contribution < 1.29 is 9.59 Å². The second-order valence-electron chi connectivity index (χ2n) is 5.62. The van der Waals surface area contributed by atoms with Crippen molar-refractivity contribution >= 4 is 11.8 Å². The summed E-state index contributed by atoms with van der Waals surface area (Å²) in [5, 5.41) is 10.5. The second kappa shape index (κ2) is 7.16. The van der Waals surface area contributed by atoms with Crippen molar-refractivity contribution in [3.05, 3.63) is 11.9 Å². The summed E-state index contributed by atoms with van der Waals surface area (Å²) < 4.78 is 1.42. The number of rotatable bonds is 7. The third kappa shape index (κ3) is 5.50. The van der Waals surface area contributed by atoms with Gasteiger partial charge in [-0.3, -0.25) is 9.59 Å². The van der Waals surface area contributed by atoms with Crippen molar-refractivity contribution in [1.29, 1.82) is 0 Å². The van der Waals surface area contributed by atoms with E-state index in [1.165, 1.54) is 9.58 Å². The Bertz CT molecular complexity index is 491. The highest BCUT2D eigenvalue weighted by atomic mass is 16.2. The number of amides is 2. The fourth-order valence-corrected chi connectivity index (χ4v) is 1.55. The summed E-state index contributed by atoms with van der Waals surface area (Å²) in [4.78, 5) is 24.9. The Kier molecular flexibility index (Phi) is 5.83. The molecule has 0 atom stereocenters. The van der Waals surface area contributed by atoms with Gasteiger partial charge in [0.05, 0.1) is 18.3 Å². The lowest BCUT2D eigenvalue weighted by atomic mass is 10.0. The molecule has 0 aliphatic rings. The van der Waals surface area contributed by atoms with Gasteiger partial charge in [0.25, 0.3) is 0 Å². The minimum absolute atomic E-state index is 0.0284. The number of nitrogens with zero attached hydrogens (tertiary/aromatic N) is 4. The van der Waals surface area contributed by atoms with E-state index in [9.17, 15) is 9.59 Å². The first-order valence-electron chi connectivity index (χ1n) is 6.94. The highest BCUT2D eigenvalue weighted by Crippen LogP contribution is 2.12. The molecule has 0 aromatic carbocycles. The van der Waals surface area contributed by atoms with Crippen LogP contribution < -0.4 is 11.1 Å². The second-order valence-corrected chi connectivity index (χ2v) is 5.62. The van der Waals surface area contributed by atoms with Gasteiger partial charge in [0.15, 0.2) is 0 Å². The van der Waals surface area contributed by atoms with Crippen LogP contribution in [0.5, 0.6) is 0 Å². The molecule has 0 aliphatic heterocycles. The summed E-state index contributed by atoms with van der Waals surface area (Å²) >= 11 is 0. The average molecular weight is 296 g/mol. The molecule has 0 radical (unpaired) electrons. The zero-order chi connectivity index (χ0) is 16.0. The monoisotopic (exact) mass is 296 g/mol. The molecule has 0 unspecified atom stereocenters. The molecule has 1 aromatic heterocycles. The number of nitrogens with two attached hydrogens (primary N) is 1. The van der Waals surface area contributed by atoms with Crippen molar-refractivity contribution in [2.45, 2.75) is 39.3 Å². The summed E-state index contributed by atoms with van der Waals surface area (Å²) in [6.07, 6.45) is 2.50. The van der Waals surface area contributed by atoms with E-state index in [0.29, 0.717) is 12.2 Å². The maximum absolute atomic E-state index is 12.0. The van der Waals surface area contributed by atoms with E-state index in [1.807, 2.05) is 20.8 Å². The highest BCUT2D eigenvalue weighted by molar-refractivity contribution is 5.84. The van der Waals surface area contributed by atoms with E-state index in [0.717, 1.165) is 6.42 Å². The van der Waals surface area contributed by atoms with E-state index >= 15 is 0 Å². The largest absolute Gasteiger partial charge is 0.355 e. The fourth-order valence-electron chi connectivity index (χ4n) is 1.55. The van der Waals surface area contributed by atoms with Crippen LogP contribution in [0, 0.1) is 0 Å². The quantitative estimate of drug-likeness (QED) is 0.702. The lowest BCUT2D eigenvalue weighted by Crippen LogP contribution is -2.40. The summed E-state index contributed by atoms with van der Waals surface area (Å²) in [6, 6.07) is 0. The zero-order valence-corrected chi connectivity index (χ0v) is 13.1. The Morgan fingerprint density at radius 2 is 2.14 bits per heavy atom. The summed E-state index contributed by atoms with van der Waals surface area (Å²) in [7, 11) is 1.58. The van der Waals surface area contributed by atoms with Gasteiger partial charge in [-0.25, -0.2) is 4.68 Å². The van der Waals surface area contributed by atoms with Gasteiger partial charge in [0.1, 0.15) is 12.2 Å². The lowest BCUT2D eigenvalue weighted by Gasteiger charge is -2.16. The molecular formula is C13H24N6O2. The van der Waals surface area contributed by atoms with Crippen molar-refractivity contribution in [3.8, 4) is 0 Å². The van der Waals surface area contributed by atoms with Gasteiger partial charge in [-0.15, -0.1) is 5.10 Å². The van der Waals surface area contributed by atoms with Crippen molar-refractivity contribution in [3.63, 3.8) is 0 Å². The van der Waals surface area contributed by atoms with Crippen molar-refractivity contribution in [2.24, 2.45) is 5.73 Å². The summed E-state index contributed by atoms with van der Waals surface area (Å²) in [5.41, 5.74) is 5.91. The maximum Gasteiger partial charge on any atom is 0.244 e. The number of hydrogen-bond donors (Lipinski definition) is 2. The van der Waals surface area contributed by atoms with Gasteiger partial charge in [-0.05, 0) is 20.3 Å². The molecule has 1 aromatic rings. The molecule has 1 heterocycles. The van der Waals surface area contributed by atoms with E-state index in [-0.39, 0.29) is 24.9 Å². The topological polar surface area (TPSA) is 106 Å². The Balaban J connectivity index is 2.52. The van der Waals surface area contributed by atoms with Crippen molar-refractivity contribution in [2.75, 3.05) is 20.1 Å². The molecule has 0 bridgehead atoms. The Hall–Kier alpha value is -1.96. The standard InChI is InChI=1S/C13H24N6O2/c1-5-6-15-11(20)8-18(4)12(21)9-19-7-10(16-17-19)13(2,3)14/h7H,5-6,8-9,14H2,1-4H3,(H,15,20). The molecule has 0 fully saturated rings. The first-order valence-corrected chi connectivity index (χ1v) is 6.94. The number of nitrogens with one attached hydrogen (secondary N) is 1. The van der Waals surface area contributed by atoms with Gasteiger partial charge in [0.2, 0.25) is 11.8 Å². The smallest absolute Gasteiger partial charge is 0.244 e.